The highest BCUT2D eigenvalue weighted by Gasteiger charge is 2.13. The van der Waals surface area contributed by atoms with Crippen molar-refractivity contribution < 1.29 is 4.79 Å². The Morgan fingerprint density at radius 1 is 1.10 bits per heavy atom. The molecule has 1 amide bonds. The van der Waals surface area contributed by atoms with Gasteiger partial charge < -0.3 is 11.1 Å². The minimum atomic E-state index is -0.146. The third kappa shape index (κ3) is 2.85. The average molecular weight is 333 g/mol. The first-order chi connectivity index (χ1) is 9.40. The van der Waals surface area contributed by atoms with E-state index in [1.54, 1.807) is 12.1 Å². The molecule has 0 fully saturated rings. The molecular weight excluding hydrogens is 316 g/mol. The van der Waals surface area contributed by atoms with E-state index < -0.39 is 0 Å². The zero-order chi connectivity index (χ0) is 14.9. The van der Waals surface area contributed by atoms with Crippen molar-refractivity contribution in [1.29, 1.82) is 0 Å². The molecule has 0 atom stereocenters. The van der Waals surface area contributed by atoms with Crippen LogP contribution < -0.4 is 11.1 Å². The second kappa shape index (κ2) is 5.67. The average Bonchev–Trinajstić information content (AvgIpc) is 2.39. The molecule has 2 aromatic rings. The van der Waals surface area contributed by atoms with E-state index in [4.69, 9.17) is 5.73 Å². The molecule has 0 radical (unpaired) electrons. The van der Waals surface area contributed by atoms with Crippen molar-refractivity contribution >= 4 is 33.2 Å². The largest absolute Gasteiger partial charge is 0.398 e. The number of carbonyl (C=O) groups excluding carboxylic acids is 1. The van der Waals surface area contributed by atoms with Crippen LogP contribution >= 0.6 is 15.9 Å². The molecule has 3 nitrogen and oxygen atoms in total. The van der Waals surface area contributed by atoms with Gasteiger partial charge in [0.2, 0.25) is 0 Å². The van der Waals surface area contributed by atoms with Crippen LogP contribution in [0.4, 0.5) is 11.4 Å². The fourth-order valence-corrected chi connectivity index (χ4v) is 2.46. The molecule has 3 N–H and O–H groups in total. The summed E-state index contributed by atoms with van der Waals surface area (Å²) < 4.78 is 0.815. The first-order valence-electron chi connectivity index (χ1n) is 6.33. The Balaban J connectivity index is 2.33. The zero-order valence-corrected chi connectivity index (χ0v) is 13.3. The summed E-state index contributed by atoms with van der Waals surface area (Å²) >= 11 is 3.45. The van der Waals surface area contributed by atoms with Crippen molar-refractivity contribution in [2.75, 3.05) is 11.1 Å². The Morgan fingerprint density at radius 3 is 2.50 bits per heavy atom. The van der Waals surface area contributed by atoms with Crippen molar-refractivity contribution in [3.05, 3.63) is 57.1 Å². The highest BCUT2D eigenvalue weighted by atomic mass is 79.9. The number of anilines is 2. The number of hydrogen-bond donors (Lipinski definition) is 2. The van der Waals surface area contributed by atoms with E-state index in [0.717, 1.165) is 26.9 Å². The van der Waals surface area contributed by atoms with Crippen LogP contribution in [-0.2, 0) is 0 Å². The van der Waals surface area contributed by atoms with Crippen LogP contribution in [0.3, 0.4) is 0 Å². The Labute approximate surface area is 127 Å². The van der Waals surface area contributed by atoms with E-state index in [0.29, 0.717) is 11.3 Å². The number of nitrogens with two attached hydrogens (primary N) is 1. The Bertz CT molecular complexity index is 680. The SMILES string of the molecule is Cc1cc(C)c(NC(=O)c2cccc(C)c2Br)cc1N. The molecular formula is C16H17BrN2O. The summed E-state index contributed by atoms with van der Waals surface area (Å²) in [6.07, 6.45) is 0. The monoisotopic (exact) mass is 332 g/mol. The fraction of sp³-hybridized carbons (Fsp3) is 0.188. The number of nitrogens with one attached hydrogen (secondary N) is 1. The normalized spacial score (nSPS) is 10.4. The molecule has 0 saturated carbocycles. The Kier molecular flexibility index (Phi) is 4.14. The molecule has 0 heterocycles. The Morgan fingerprint density at radius 2 is 1.80 bits per heavy atom. The van der Waals surface area contributed by atoms with Crippen molar-refractivity contribution in [2.45, 2.75) is 20.8 Å². The van der Waals surface area contributed by atoms with E-state index in [9.17, 15) is 4.79 Å². The quantitative estimate of drug-likeness (QED) is 0.809. The summed E-state index contributed by atoms with van der Waals surface area (Å²) in [4.78, 5) is 12.4. The highest BCUT2D eigenvalue weighted by Crippen LogP contribution is 2.25. The van der Waals surface area contributed by atoms with Gasteiger partial charge in [-0.25, -0.2) is 0 Å². The van der Waals surface area contributed by atoms with E-state index in [2.05, 4.69) is 21.2 Å². The van der Waals surface area contributed by atoms with Gasteiger partial charge in [-0.1, -0.05) is 18.2 Å². The minimum absolute atomic E-state index is 0.146. The van der Waals surface area contributed by atoms with Gasteiger partial charge in [-0.05, 0) is 65.5 Å². The van der Waals surface area contributed by atoms with Gasteiger partial charge in [0.25, 0.3) is 5.91 Å². The number of benzene rings is 2. The molecule has 0 bridgehead atoms. The van der Waals surface area contributed by atoms with E-state index in [-0.39, 0.29) is 5.91 Å². The second-order valence-corrected chi connectivity index (χ2v) is 5.71. The maximum absolute atomic E-state index is 12.4. The van der Waals surface area contributed by atoms with Gasteiger partial charge >= 0.3 is 0 Å². The van der Waals surface area contributed by atoms with Crippen LogP contribution in [0.1, 0.15) is 27.0 Å². The summed E-state index contributed by atoms with van der Waals surface area (Å²) in [6.45, 7) is 5.86. The van der Waals surface area contributed by atoms with Crippen molar-refractivity contribution in [3.63, 3.8) is 0 Å². The summed E-state index contributed by atoms with van der Waals surface area (Å²) in [5.41, 5.74) is 11.0. The fourth-order valence-electron chi connectivity index (χ4n) is 2.02. The maximum Gasteiger partial charge on any atom is 0.256 e. The van der Waals surface area contributed by atoms with Gasteiger partial charge in [0, 0.05) is 15.8 Å². The molecule has 0 aromatic heterocycles. The van der Waals surface area contributed by atoms with Crippen LogP contribution in [0.2, 0.25) is 0 Å². The van der Waals surface area contributed by atoms with E-state index in [1.807, 2.05) is 39.0 Å². The number of hydrogen-bond acceptors (Lipinski definition) is 2. The second-order valence-electron chi connectivity index (χ2n) is 4.91. The lowest BCUT2D eigenvalue weighted by atomic mass is 10.1. The molecule has 0 aliphatic carbocycles. The van der Waals surface area contributed by atoms with Crippen LogP contribution in [0.5, 0.6) is 0 Å². The number of nitrogen functional groups attached to an aromatic ring is 1. The molecule has 0 saturated heterocycles. The van der Waals surface area contributed by atoms with Crippen molar-refractivity contribution in [2.24, 2.45) is 0 Å². The molecule has 20 heavy (non-hydrogen) atoms. The summed E-state index contributed by atoms with van der Waals surface area (Å²) in [7, 11) is 0. The third-order valence-corrected chi connectivity index (χ3v) is 4.35. The van der Waals surface area contributed by atoms with E-state index >= 15 is 0 Å². The van der Waals surface area contributed by atoms with Crippen LogP contribution in [0, 0.1) is 20.8 Å². The molecule has 0 spiro atoms. The molecule has 0 aliphatic heterocycles. The molecule has 4 heteroatoms. The van der Waals surface area contributed by atoms with Crippen LogP contribution in [-0.4, -0.2) is 5.91 Å². The lowest BCUT2D eigenvalue weighted by molar-refractivity contribution is 0.102. The molecule has 0 unspecified atom stereocenters. The maximum atomic E-state index is 12.4. The van der Waals surface area contributed by atoms with Gasteiger partial charge in [0.1, 0.15) is 0 Å². The molecule has 104 valence electrons. The van der Waals surface area contributed by atoms with Gasteiger partial charge in [0.05, 0.1) is 5.56 Å². The van der Waals surface area contributed by atoms with Crippen molar-refractivity contribution in [1.82, 2.24) is 0 Å². The zero-order valence-electron chi connectivity index (χ0n) is 11.8. The van der Waals surface area contributed by atoms with Gasteiger partial charge in [-0.2, -0.15) is 0 Å². The van der Waals surface area contributed by atoms with Gasteiger partial charge in [-0.15, -0.1) is 0 Å². The first-order valence-corrected chi connectivity index (χ1v) is 7.12. The number of rotatable bonds is 2. The summed E-state index contributed by atoms with van der Waals surface area (Å²) in [5, 5.41) is 2.91. The predicted octanol–water partition coefficient (Wildman–Crippen LogP) is 4.21. The predicted molar refractivity (Wildman–Crippen MR) is 87.2 cm³/mol. The van der Waals surface area contributed by atoms with Gasteiger partial charge in [-0.3, -0.25) is 4.79 Å². The topological polar surface area (TPSA) is 55.1 Å². The third-order valence-electron chi connectivity index (χ3n) is 3.30. The number of amides is 1. The minimum Gasteiger partial charge on any atom is -0.398 e. The number of aryl methyl sites for hydroxylation is 3. The number of carbonyl (C=O) groups is 1. The summed E-state index contributed by atoms with van der Waals surface area (Å²) in [5.74, 6) is -0.146. The smallest absolute Gasteiger partial charge is 0.256 e. The standard InChI is InChI=1S/C16H17BrN2O/c1-9-5-4-6-12(15(9)17)16(20)19-14-8-13(18)10(2)7-11(14)3/h4-8H,18H2,1-3H3,(H,19,20). The molecule has 0 aliphatic rings. The van der Waals surface area contributed by atoms with Gasteiger partial charge in [0.15, 0.2) is 0 Å². The summed E-state index contributed by atoms with van der Waals surface area (Å²) in [6, 6.07) is 9.38. The highest BCUT2D eigenvalue weighted by molar-refractivity contribution is 9.10. The lowest BCUT2D eigenvalue weighted by Crippen LogP contribution is -2.14. The van der Waals surface area contributed by atoms with Crippen LogP contribution in [0.25, 0.3) is 0 Å². The lowest BCUT2D eigenvalue weighted by Gasteiger charge is -2.12. The Hall–Kier alpha value is -1.81. The first kappa shape index (κ1) is 14.6. The van der Waals surface area contributed by atoms with Crippen LogP contribution in [0.15, 0.2) is 34.8 Å². The molecule has 2 rings (SSSR count). The number of halogens is 1. The van der Waals surface area contributed by atoms with E-state index in [1.165, 1.54) is 0 Å². The van der Waals surface area contributed by atoms with Crippen molar-refractivity contribution in [3.8, 4) is 0 Å². The molecule has 2 aromatic carbocycles.